The van der Waals surface area contributed by atoms with Crippen molar-refractivity contribution in [1.29, 1.82) is 0 Å². The first kappa shape index (κ1) is 16.6. The summed E-state index contributed by atoms with van der Waals surface area (Å²) >= 11 is 0. The molecule has 1 heterocycles. The van der Waals surface area contributed by atoms with Crippen molar-refractivity contribution in [2.45, 2.75) is 4.90 Å². The molecule has 4 N–H and O–H groups in total. The largest absolute Gasteiger partial charge is 0.361 e. The van der Waals surface area contributed by atoms with Crippen LogP contribution in [-0.4, -0.2) is 24.5 Å². The Morgan fingerprint density at radius 2 is 2.00 bits per heavy atom. The molecule has 0 atom stereocenters. The van der Waals surface area contributed by atoms with Crippen molar-refractivity contribution in [2.75, 3.05) is 5.43 Å². The number of benzene rings is 2. The molecule has 0 radical (unpaired) electrons. The Labute approximate surface area is 142 Å². The molecular weight excluding hydrogens is 346 g/mol. The molecule has 0 amide bonds. The zero-order valence-electron chi connectivity index (χ0n) is 12.7. The van der Waals surface area contributed by atoms with Crippen molar-refractivity contribution in [3.63, 3.8) is 0 Å². The van der Waals surface area contributed by atoms with Gasteiger partial charge in [-0.3, -0.25) is 15.5 Å². The highest BCUT2D eigenvalue weighted by Crippen LogP contribution is 2.27. The second-order valence-corrected chi connectivity index (χ2v) is 6.70. The SMILES string of the molecule is NS(=O)(=O)c1ccc(N/N=C/c2c[nH]c3ccccc23)c([N+](=O)[O-])c1. The van der Waals surface area contributed by atoms with Gasteiger partial charge in [-0.15, -0.1) is 0 Å². The molecular formula is C15H13N5O4S. The second-order valence-electron chi connectivity index (χ2n) is 5.14. The van der Waals surface area contributed by atoms with E-state index in [1.807, 2.05) is 24.3 Å². The van der Waals surface area contributed by atoms with E-state index in [0.29, 0.717) is 0 Å². The Balaban J connectivity index is 1.89. The topological polar surface area (TPSA) is 143 Å². The van der Waals surface area contributed by atoms with Gasteiger partial charge in [-0.05, 0) is 18.2 Å². The highest BCUT2D eigenvalue weighted by molar-refractivity contribution is 7.89. The Kier molecular flexibility index (Phi) is 4.21. The molecule has 0 saturated heterocycles. The van der Waals surface area contributed by atoms with Gasteiger partial charge < -0.3 is 4.98 Å². The molecule has 10 heteroatoms. The quantitative estimate of drug-likeness (QED) is 0.363. The zero-order chi connectivity index (χ0) is 18.0. The van der Waals surface area contributed by atoms with Crippen LogP contribution in [0.5, 0.6) is 0 Å². The van der Waals surface area contributed by atoms with E-state index in [4.69, 9.17) is 5.14 Å². The van der Waals surface area contributed by atoms with Crippen molar-refractivity contribution in [3.05, 3.63) is 64.3 Å². The molecule has 0 fully saturated rings. The van der Waals surface area contributed by atoms with Gasteiger partial charge in [0.1, 0.15) is 5.69 Å². The lowest BCUT2D eigenvalue weighted by Gasteiger charge is -2.04. The van der Waals surface area contributed by atoms with E-state index < -0.39 is 20.6 Å². The number of nitro groups is 1. The summed E-state index contributed by atoms with van der Waals surface area (Å²) in [6.07, 6.45) is 3.27. The van der Waals surface area contributed by atoms with Crippen LogP contribution in [0.3, 0.4) is 0 Å². The molecule has 0 aliphatic carbocycles. The van der Waals surface area contributed by atoms with Crippen LogP contribution in [0.4, 0.5) is 11.4 Å². The van der Waals surface area contributed by atoms with Gasteiger partial charge in [0.25, 0.3) is 5.69 Å². The van der Waals surface area contributed by atoms with Crippen molar-refractivity contribution in [3.8, 4) is 0 Å². The third-order valence-corrected chi connectivity index (χ3v) is 4.42. The number of H-pyrrole nitrogens is 1. The number of nitrogens with one attached hydrogen (secondary N) is 2. The monoisotopic (exact) mass is 359 g/mol. The van der Waals surface area contributed by atoms with Gasteiger partial charge in [0.2, 0.25) is 10.0 Å². The Hall–Kier alpha value is -3.24. The summed E-state index contributed by atoms with van der Waals surface area (Å²) in [4.78, 5) is 13.2. The number of aromatic amines is 1. The average molecular weight is 359 g/mol. The molecule has 0 saturated carbocycles. The van der Waals surface area contributed by atoms with E-state index >= 15 is 0 Å². The van der Waals surface area contributed by atoms with E-state index in [1.54, 1.807) is 6.20 Å². The van der Waals surface area contributed by atoms with Gasteiger partial charge in [0, 0.05) is 28.7 Å². The van der Waals surface area contributed by atoms with Crippen LogP contribution in [0, 0.1) is 10.1 Å². The van der Waals surface area contributed by atoms with Crippen LogP contribution in [0.25, 0.3) is 10.9 Å². The number of fused-ring (bicyclic) bond motifs is 1. The summed E-state index contributed by atoms with van der Waals surface area (Å²) < 4.78 is 22.6. The molecule has 0 aliphatic heterocycles. The maximum atomic E-state index is 11.3. The number of hydrogen-bond acceptors (Lipinski definition) is 6. The third-order valence-electron chi connectivity index (χ3n) is 3.50. The first-order valence-corrected chi connectivity index (χ1v) is 8.57. The summed E-state index contributed by atoms with van der Waals surface area (Å²) in [6, 6.07) is 10.9. The molecule has 25 heavy (non-hydrogen) atoms. The molecule has 0 unspecified atom stereocenters. The van der Waals surface area contributed by atoms with Crippen LogP contribution in [0.1, 0.15) is 5.56 Å². The maximum absolute atomic E-state index is 11.3. The first-order chi connectivity index (χ1) is 11.9. The number of hydrogen-bond donors (Lipinski definition) is 3. The molecule has 0 bridgehead atoms. The van der Waals surface area contributed by atoms with E-state index in [1.165, 1.54) is 18.3 Å². The van der Waals surface area contributed by atoms with Crippen LogP contribution >= 0.6 is 0 Å². The second kappa shape index (κ2) is 6.34. The molecule has 0 spiro atoms. The fraction of sp³-hybridized carbons (Fsp3) is 0. The predicted molar refractivity (Wildman–Crippen MR) is 94.0 cm³/mol. The molecule has 2 aromatic carbocycles. The lowest BCUT2D eigenvalue weighted by atomic mass is 10.2. The number of sulfonamides is 1. The molecule has 128 valence electrons. The van der Waals surface area contributed by atoms with Crippen LogP contribution in [-0.2, 0) is 10.0 Å². The van der Waals surface area contributed by atoms with Gasteiger partial charge in [0.15, 0.2) is 0 Å². The molecule has 1 aromatic heterocycles. The van der Waals surface area contributed by atoms with Crippen molar-refractivity contribution in [2.24, 2.45) is 10.2 Å². The number of aromatic nitrogens is 1. The molecule has 0 aliphatic rings. The minimum absolute atomic E-state index is 0.0495. The number of para-hydroxylation sites is 1. The van der Waals surface area contributed by atoms with Gasteiger partial charge in [0.05, 0.1) is 16.0 Å². The minimum atomic E-state index is -4.03. The van der Waals surface area contributed by atoms with E-state index in [2.05, 4.69) is 15.5 Å². The van der Waals surface area contributed by atoms with Gasteiger partial charge in [-0.2, -0.15) is 5.10 Å². The standard InChI is InChI=1S/C15H13N5O4S/c16-25(23,24)11-5-6-14(15(7-11)20(21)22)19-18-9-10-8-17-13-4-2-1-3-12(10)13/h1-9,17,19H,(H2,16,23,24)/b18-9+. The van der Waals surface area contributed by atoms with Crippen molar-refractivity contribution < 1.29 is 13.3 Å². The molecule has 3 rings (SSSR count). The normalized spacial score (nSPS) is 11.9. The number of nitrogens with zero attached hydrogens (tertiary/aromatic N) is 2. The number of primary sulfonamides is 1. The fourth-order valence-corrected chi connectivity index (χ4v) is 2.84. The summed E-state index contributed by atoms with van der Waals surface area (Å²) in [5.74, 6) is 0. The molecule has 9 nitrogen and oxygen atoms in total. The summed E-state index contributed by atoms with van der Waals surface area (Å²) in [7, 11) is -4.03. The average Bonchev–Trinajstić information content (AvgIpc) is 2.97. The Morgan fingerprint density at radius 1 is 1.24 bits per heavy atom. The summed E-state index contributed by atoms with van der Waals surface area (Å²) in [5, 5.41) is 21.1. The number of hydrazone groups is 1. The highest BCUT2D eigenvalue weighted by Gasteiger charge is 2.18. The summed E-state index contributed by atoms with van der Waals surface area (Å²) in [5.41, 5.74) is 3.90. The van der Waals surface area contributed by atoms with E-state index in [0.717, 1.165) is 22.5 Å². The Bertz CT molecular complexity index is 1090. The minimum Gasteiger partial charge on any atom is -0.361 e. The lowest BCUT2D eigenvalue weighted by molar-refractivity contribution is -0.384. The van der Waals surface area contributed by atoms with Crippen molar-refractivity contribution >= 4 is 38.5 Å². The van der Waals surface area contributed by atoms with Crippen molar-refractivity contribution in [1.82, 2.24) is 4.98 Å². The lowest BCUT2D eigenvalue weighted by Crippen LogP contribution is -2.12. The number of nitrogens with two attached hydrogens (primary N) is 1. The number of nitro benzene ring substituents is 1. The van der Waals surface area contributed by atoms with E-state index in [9.17, 15) is 18.5 Å². The fourth-order valence-electron chi connectivity index (χ4n) is 2.31. The Morgan fingerprint density at radius 3 is 2.72 bits per heavy atom. The van der Waals surface area contributed by atoms with Crippen LogP contribution < -0.4 is 10.6 Å². The van der Waals surface area contributed by atoms with Crippen LogP contribution in [0.15, 0.2) is 58.7 Å². The number of rotatable bonds is 5. The number of anilines is 1. The zero-order valence-corrected chi connectivity index (χ0v) is 13.5. The smallest absolute Gasteiger partial charge is 0.295 e. The van der Waals surface area contributed by atoms with Crippen LogP contribution in [0.2, 0.25) is 0 Å². The van der Waals surface area contributed by atoms with Gasteiger partial charge >= 0.3 is 0 Å². The summed E-state index contributed by atoms with van der Waals surface area (Å²) in [6.45, 7) is 0. The predicted octanol–water partition coefficient (Wildman–Crippen LogP) is 2.17. The molecule has 3 aromatic rings. The highest BCUT2D eigenvalue weighted by atomic mass is 32.2. The third kappa shape index (κ3) is 3.49. The van der Waals surface area contributed by atoms with Gasteiger partial charge in [-0.25, -0.2) is 13.6 Å². The van der Waals surface area contributed by atoms with E-state index in [-0.39, 0.29) is 10.6 Å². The maximum Gasteiger partial charge on any atom is 0.295 e. The first-order valence-electron chi connectivity index (χ1n) is 7.03. The van der Waals surface area contributed by atoms with Gasteiger partial charge in [-0.1, -0.05) is 18.2 Å².